The Kier molecular flexibility index (Phi) is 5.86. The minimum absolute atomic E-state index is 0.0627. The Morgan fingerprint density at radius 1 is 1.41 bits per heavy atom. The molecule has 1 aromatic rings. The van der Waals surface area contributed by atoms with Crippen LogP contribution in [0.2, 0.25) is 0 Å². The summed E-state index contributed by atoms with van der Waals surface area (Å²) in [6.07, 6.45) is 2.05. The number of hydrogen-bond donors (Lipinski definition) is 0. The zero-order valence-electron chi connectivity index (χ0n) is 10.4. The molecule has 1 unspecified atom stereocenters. The highest BCUT2D eigenvalue weighted by atomic mass is 35.5. The zero-order chi connectivity index (χ0) is 12.8. The molecule has 94 valence electrons. The van der Waals surface area contributed by atoms with E-state index in [0.717, 1.165) is 11.3 Å². The van der Waals surface area contributed by atoms with Gasteiger partial charge in [-0.15, -0.1) is 11.6 Å². The van der Waals surface area contributed by atoms with E-state index in [1.807, 2.05) is 37.6 Å². The van der Waals surface area contributed by atoms with Crippen LogP contribution in [0.25, 0.3) is 0 Å². The second-order valence-electron chi connectivity index (χ2n) is 4.05. The molecule has 1 rings (SSSR count). The van der Waals surface area contributed by atoms with Gasteiger partial charge in [0, 0.05) is 30.3 Å². The number of nitrogens with zero attached hydrogens (tertiary/aromatic N) is 1. The van der Waals surface area contributed by atoms with Gasteiger partial charge in [0.15, 0.2) is 0 Å². The summed E-state index contributed by atoms with van der Waals surface area (Å²) in [5.74, 6) is 1.49. The molecular formula is C13H18ClNOS. The van der Waals surface area contributed by atoms with E-state index in [-0.39, 0.29) is 11.9 Å². The third-order valence-electron chi connectivity index (χ3n) is 2.74. The minimum Gasteiger partial charge on any atom is -0.338 e. The normalized spacial score (nSPS) is 12.2. The van der Waals surface area contributed by atoms with Crippen LogP contribution in [0.5, 0.6) is 0 Å². The predicted octanol–water partition coefficient (Wildman–Crippen LogP) is 3.25. The van der Waals surface area contributed by atoms with Crippen LogP contribution in [0, 0.1) is 0 Å². The second kappa shape index (κ2) is 6.92. The number of halogens is 1. The SMILES string of the molecule is CSCC(C)N(C)C(=O)c1ccc(CCl)cc1. The Balaban J connectivity index is 2.74. The molecular weight excluding hydrogens is 254 g/mol. The Morgan fingerprint density at radius 3 is 2.47 bits per heavy atom. The largest absolute Gasteiger partial charge is 0.338 e. The van der Waals surface area contributed by atoms with E-state index in [4.69, 9.17) is 11.6 Å². The van der Waals surface area contributed by atoms with Crippen molar-refractivity contribution in [2.45, 2.75) is 18.8 Å². The van der Waals surface area contributed by atoms with Crippen LogP contribution in [-0.4, -0.2) is 35.9 Å². The van der Waals surface area contributed by atoms with Crippen molar-refractivity contribution in [3.05, 3.63) is 35.4 Å². The molecule has 0 heterocycles. The fourth-order valence-electron chi connectivity index (χ4n) is 1.49. The molecule has 1 atom stereocenters. The Labute approximate surface area is 112 Å². The summed E-state index contributed by atoms with van der Waals surface area (Å²) in [6, 6.07) is 7.70. The molecule has 17 heavy (non-hydrogen) atoms. The molecule has 0 aliphatic rings. The van der Waals surface area contributed by atoms with Gasteiger partial charge in [0.1, 0.15) is 0 Å². The fraction of sp³-hybridized carbons (Fsp3) is 0.462. The maximum absolute atomic E-state index is 12.1. The van der Waals surface area contributed by atoms with Gasteiger partial charge in [0.05, 0.1) is 0 Å². The molecule has 0 aliphatic carbocycles. The lowest BCUT2D eigenvalue weighted by Gasteiger charge is -2.24. The van der Waals surface area contributed by atoms with Crippen LogP contribution in [0.1, 0.15) is 22.8 Å². The van der Waals surface area contributed by atoms with Gasteiger partial charge in [-0.25, -0.2) is 0 Å². The lowest BCUT2D eigenvalue weighted by molar-refractivity contribution is 0.0757. The highest BCUT2D eigenvalue weighted by Crippen LogP contribution is 2.12. The maximum atomic E-state index is 12.1. The molecule has 1 amide bonds. The van der Waals surface area contributed by atoms with E-state index in [2.05, 4.69) is 6.92 Å². The van der Waals surface area contributed by atoms with Crippen LogP contribution in [-0.2, 0) is 5.88 Å². The van der Waals surface area contributed by atoms with Crippen molar-refractivity contribution in [2.75, 3.05) is 19.1 Å². The van der Waals surface area contributed by atoms with Crippen molar-refractivity contribution in [3.63, 3.8) is 0 Å². The maximum Gasteiger partial charge on any atom is 0.253 e. The van der Waals surface area contributed by atoms with Crippen LogP contribution in [0.4, 0.5) is 0 Å². The topological polar surface area (TPSA) is 20.3 Å². The van der Waals surface area contributed by atoms with Crippen LogP contribution >= 0.6 is 23.4 Å². The van der Waals surface area contributed by atoms with Crippen molar-refractivity contribution in [1.29, 1.82) is 0 Å². The summed E-state index contributed by atoms with van der Waals surface area (Å²) in [7, 11) is 1.85. The van der Waals surface area contributed by atoms with E-state index in [9.17, 15) is 4.79 Å². The first-order chi connectivity index (χ1) is 8.10. The number of amides is 1. The van der Waals surface area contributed by atoms with Gasteiger partial charge in [0.2, 0.25) is 0 Å². The number of hydrogen-bond acceptors (Lipinski definition) is 2. The molecule has 0 bridgehead atoms. The van der Waals surface area contributed by atoms with Gasteiger partial charge in [-0.2, -0.15) is 11.8 Å². The van der Waals surface area contributed by atoms with Crippen LogP contribution < -0.4 is 0 Å². The average molecular weight is 272 g/mol. The first kappa shape index (κ1) is 14.4. The van der Waals surface area contributed by atoms with Crippen molar-refractivity contribution in [1.82, 2.24) is 4.90 Å². The molecule has 4 heteroatoms. The number of carbonyl (C=O) groups excluding carboxylic acids is 1. The summed E-state index contributed by atoms with van der Waals surface area (Å²) in [4.78, 5) is 13.9. The highest BCUT2D eigenvalue weighted by Gasteiger charge is 2.16. The minimum atomic E-state index is 0.0627. The highest BCUT2D eigenvalue weighted by molar-refractivity contribution is 7.98. The summed E-state index contributed by atoms with van der Waals surface area (Å²) in [6.45, 7) is 2.06. The van der Waals surface area contributed by atoms with Gasteiger partial charge >= 0.3 is 0 Å². The smallest absolute Gasteiger partial charge is 0.253 e. The third-order valence-corrected chi connectivity index (χ3v) is 3.87. The van der Waals surface area contributed by atoms with Gasteiger partial charge in [-0.3, -0.25) is 4.79 Å². The quantitative estimate of drug-likeness (QED) is 0.767. The molecule has 0 saturated heterocycles. The van der Waals surface area contributed by atoms with E-state index in [0.29, 0.717) is 11.4 Å². The van der Waals surface area contributed by atoms with Crippen LogP contribution in [0.15, 0.2) is 24.3 Å². The third kappa shape index (κ3) is 3.93. The van der Waals surface area contributed by atoms with Gasteiger partial charge in [-0.1, -0.05) is 12.1 Å². The Bertz CT molecular complexity index is 366. The monoisotopic (exact) mass is 271 g/mol. The fourth-order valence-corrected chi connectivity index (χ4v) is 2.38. The summed E-state index contributed by atoms with van der Waals surface area (Å²) >= 11 is 7.46. The first-order valence-corrected chi connectivity index (χ1v) is 7.44. The van der Waals surface area contributed by atoms with E-state index >= 15 is 0 Å². The molecule has 0 saturated carbocycles. The average Bonchev–Trinajstić information content (AvgIpc) is 2.37. The summed E-state index contributed by atoms with van der Waals surface area (Å²) < 4.78 is 0. The first-order valence-electron chi connectivity index (χ1n) is 5.51. The number of rotatable bonds is 5. The zero-order valence-corrected chi connectivity index (χ0v) is 12.0. The summed E-state index contributed by atoms with van der Waals surface area (Å²) in [5, 5.41) is 0. The van der Waals surface area contributed by atoms with E-state index in [1.54, 1.807) is 16.7 Å². The molecule has 0 radical (unpaired) electrons. The molecule has 0 aliphatic heterocycles. The summed E-state index contributed by atoms with van der Waals surface area (Å²) in [5.41, 5.74) is 1.75. The van der Waals surface area contributed by atoms with Gasteiger partial charge in [-0.05, 0) is 30.9 Å². The number of carbonyl (C=O) groups is 1. The van der Waals surface area contributed by atoms with Crippen molar-refractivity contribution < 1.29 is 4.79 Å². The molecule has 0 aromatic heterocycles. The lowest BCUT2D eigenvalue weighted by Crippen LogP contribution is -2.36. The number of thioether (sulfide) groups is 1. The standard InChI is InChI=1S/C13H18ClNOS/c1-10(9-17-3)15(2)13(16)12-6-4-11(8-14)5-7-12/h4-7,10H,8-9H2,1-3H3. The lowest BCUT2D eigenvalue weighted by atomic mass is 10.1. The van der Waals surface area contributed by atoms with E-state index < -0.39 is 0 Å². The van der Waals surface area contributed by atoms with Gasteiger partial charge in [0.25, 0.3) is 5.91 Å². The van der Waals surface area contributed by atoms with Gasteiger partial charge < -0.3 is 4.90 Å². The van der Waals surface area contributed by atoms with Crippen molar-refractivity contribution in [3.8, 4) is 0 Å². The molecule has 1 aromatic carbocycles. The van der Waals surface area contributed by atoms with Crippen molar-refractivity contribution in [2.24, 2.45) is 0 Å². The van der Waals surface area contributed by atoms with Crippen molar-refractivity contribution >= 4 is 29.3 Å². The Morgan fingerprint density at radius 2 is 2.00 bits per heavy atom. The van der Waals surface area contributed by atoms with Crippen LogP contribution in [0.3, 0.4) is 0 Å². The molecule has 0 fully saturated rings. The molecule has 2 nitrogen and oxygen atoms in total. The molecule has 0 spiro atoms. The Hall–Kier alpha value is -0.670. The number of alkyl halides is 1. The predicted molar refractivity (Wildman–Crippen MR) is 75.9 cm³/mol. The molecule has 0 N–H and O–H groups in total. The second-order valence-corrected chi connectivity index (χ2v) is 5.23. The van der Waals surface area contributed by atoms with E-state index in [1.165, 1.54) is 0 Å². The number of benzene rings is 1.